The van der Waals surface area contributed by atoms with Gasteiger partial charge in [-0.05, 0) is 28.4 Å². The summed E-state index contributed by atoms with van der Waals surface area (Å²) in [4.78, 5) is 11.3. The van der Waals surface area contributed by atoms with E-state index in [1.54, 1.807) is 12.1 Å². The quantitative estimate of drug-likeness (QED) is 0.621. The van der Waals surface area contributed by atoms with Gasteiger partial charge in [-0.2, -0.15) is 0 Å². The molecule has 1 atom stereocenters. The van der Waals surface area contributed by atoms with E-state index in [9.17, 15) is 4.79 Å². The molecule has 1 aromatic rings. The number of hydrogen-bond donors (Lipinski definition) is 1. The van der Waals surface area contributed by atoms with E-state index in [0.29, 0.717) is 5.56 Å². The molecule has 1 N–H and O–H groups in total. The van der Waals surface area contributed by atoms with Crippen LogP contribution >= 0.6 is 15.9 Å². The fraction of sp³-hybridized carbons (Fsp3) is 0.222. The van der Waals surface area contributed by atoms with Crippen molar-refractivity contribution in [3.8, 4) is 0 Å². The minimum atomic E-state index is -1.10. The predicted molar refractivity (Wildman–Crippen MR) is 50.4 cm³/mol. The molecule has 0 spiro atoms. The van der Waals surface area contributed by atoms with Gasteiger partial charge < -0.3 is 5.11 Å². The van der Waals surface area contributed by atoms with Crippen molar-refractivity contribution in [1.82, 2.24) is 0 Å². The van der Waals surface area contributed by atoms with Crippen LogP contribution in [0.1, 0.15) is 15.9 Å². The van der Waals surface area contributed by atoms with E-state index >= 15 is 0 Å². The molecule has 0 aromatic heterocycles. The lowest BCUT2D eigenvalue weighted by atomic mass is 10.1. The molecule has 0 fully saturated rings. The number of Topliss-reactive ketones (excluding diaryl/α,β-unsaturated/α-hetero) is 1. The summed E-state index contributed by atoms with van der Waals surface area (Å²) in [5.74, 6) is -0.298. The van der Waals surface area contributed by atoms with Crippen LogP contribution in [0.4, 0.5) is 0 Å². The topological polar surface area (TPSA) is 37.3 Å². The monoisotopic (exact) mass is 228 g/mol. The molecule has 0 aliphatic carbocycles. The van der Waals surface area contributed by atoms with Crippen LogP contribution in [0.15, 0.2) is 24.3 Å². The SMILES string of the molecule is Cc1ccccc1C(=O)C(O)Br. The highest BCUT2D eigenvalue weighted by Gasteiger charge is 2.14. The van der Waals surface area contributed by atoms with E-state index in [2.05, 4.69) is 15.9 Å². The van der Waals surface area contributed by atoms with Gasteiger partial charge in [-0.3, -0.25) is 4.79 Å². The first-order valence-corrected chi connectivity index (χ1v) is 4.46. The number of ketones is 1. The Kier molecular flexibility index (Phi) is 3.00. The average molecular weight is 229 g/mol. The number of alkyl halides is 1. The van der Waals surface area contributed by atoms with Crippen molar-refractivity contribution in [2.45, 2.75) is 11.9 Å². The Balaban J connectivity index is 3.03. The first-order chi connectivity index (χ1) is 5.63. The smallest absolute Gasteiger partial charge is 0.202 e. The summed E-state index contributed by atoms with van der Waals surface area (Å²) in [6.45, 7) is 1.84. The summed E-state index contributed by atoms with van der Waals surface area (Å²) >= 11 is 2.82. The fourth-order valence-corrected chi connectivity index (χ4v) is 1.22. The van der Waals surface area contributed by atoms with Crippen molar-refractivity contribution in [1.29, 1.82) is 0 Å². The molecule has 0 aliphatic heterocycles. The number of carbonyl (C=O) groups is 1. The van der Waals surface area contributed by atoms with Crippen LogP contribution in [0.25, 0.3) is 0 Å². The molecule has 1 aromatic carbocycles. The Hall–Kier alpha value is -0.670. The Bertz CT molecular complexity index is 294. The van der Waals surface area contributed by atoms with E-state index in [1.807, 2.05) is 19.1 Å². The lowest BCUT2D eigenvalue weighted by Gasteiger charge is -2.04. The largest absolute Gasteiger partial charge is 0.374 e. The van der Waals surface area contributed by atoms with Crippen LogP contribution in [0.5, 0.6) is 0 Å². The lowest BCUT2D eigenvalue weighted by Crippen LogP contribution is -2.13. The molecule has 0 saturated heterocycles. The van der Waals surface area contributed by atoms with Gasteiger partial charge in [-0.25, -0.2) is 0 Å². The second kappa shape index (κ2) is 3.83. The molecule has 1 rings (SSSR count). The highest BCUT2D eigenvalue weighted by Crippen LogP contribution is 2.12. The summed E-state index contributed by atoms with van der Waals surface area (Å²) in [5.41, 5.74) is 1.43. The maximum absolute atomic E-state index is 11.3. The zero-order valence-electron chi connectivity index (χ0n) is 6.62. The zero-order chi connectivity index (χ0) is 9.14. The van der Waals surface area contributed by atoms with Gasteiger partial charge in [0, 0.05) is 5.56 Å². The van der Waals surface area contributed by atoms with Crippen molar-refractivity contribution >= 4 is 21.7 Å². The zero-order valence-corrected chi connectivity index (χ0v) is 8.21. The normalized spacial score (nSPS) is 12.6. The molecule has 0 radical (unpaired) electrons. The van der Waals surface area contributed by atoms with Gasteiger partial charge in [0.25, 0.3) is 0 Å². The number of hydrogen-bond acceptors (Lipinski definition) is 2. The minimum Gasteiger partial charge on any atom is -0.374 e. The lowest BCUT2D eigenvalue weighted by molar-refractivity contribution is 0.0874. The van der Waals surface area contributed by atoms with Gasteiger partial charge in [0.15, 0.2) is 5.01 Å². The molecule has 0 amide bonds. The van der Waals surface area contributed by atoms with E-state index in [1.165, 1.54) is 0 Å². The standard InChI is InChI=1S/C9H9BrO2/c1-6-4-2-3-5-7(6)8(11)9(10)12/h2-5,9,12H,1H3. The summed E-state index contributed by atoms with van der Waals surface area (Å²) in [6.07, 6.45) is 0. The number of aliphatic hydroxyl groups is 1. The van der Waals surface area contributed by atoms with Crippen LogP contribution in [-0.4, -0.2) is 15.9 Å². The van der Waals surface area contributed by atoms with E-state index in [0.717, 1.165) is 5.56 Å². The van der Waals surface area contributed by atoms with Crippen molar-refractivity contribution in [2.24, 2.45) is 0 Å². The van der Waals surface area contributed by atoms with Gasteiger partial charge in [0.2, 0.25) is 5.78 Å². The number of halogens is 1. The van der Waals surface area contributed by atoms with Crippen LogP contribution in [-0.2, 0) is 0 Å². The number of rotatable bonds is 2. The summed E-state index contributed by atoms with van der Waals surface area (Å²) in [5, 5.41) is 7.87. The van der Waals surface area contributed by atoms with E-state index < -0.39 is 5.01 Å². The van der Waals surface area contributed by atoms with Crippen LogP contribution < -0.4 is 0 Å². The van der Waals surface area contributed by atoms with Crippen molar-refractivity contribution in [3.05, 3.63) is 35.4 Å². The predicted octanol–water partition coefficient (Wildman–Crippen LogP) is 1.89. The third-order valence-electron chi connectivity index (χ3n) is 1.63. The number of benzene rings is 1. The van der Waals surface area contributed by atoms with Gasteiger partial charge >= 0.3 is 0 Å². The summed E-state index contributed by atoms with van der Waals surface area (Å²) in [6, 6.07) is 7.16. The molecule has 12 heavy (non-hydrogen) atoms. The molecule has 2 nitrogen and oxygen atoms in total. The molecular weight excluding hydrogens is 220 g/mol. The number of aliphatic hydroxyl groups excluding tert-OH is 1. The highest BCUT2D eigenvalue weighted by atomic mass is 79.9. The molecule has 64 valence electrons. The Labute approximate surface area is 79.3 Å². The van der Waals surface area contributed by atoms with Crippen molar-refractivity contribution in [3.63, 3.8) is 0 Å². The third-order valence-corrected chi connectivity index (χ3v) is 2.04. The Morgan fingerprint density at radius 1 is 1.50 bits per heavy atom. The van der Waals surface area contributed by atoms with E-state index in [-0.39, 0.29) is 5.78 Å². The maximum atomic E-state index is 11.3. The highest BCUT2D eigenvalue weighted by molar-refractivity contribution is 9.09. The van der Waals surface area contributed by atoms with Crippen LogP contribution in [0.3, 0.4) is 0 Å². The second-order valence-electron chi connectivity index (χ2n) is 2.51. The Morgan fingerprint density at radius 2 is 2.08 bits per heavy atom. The number of carbonyl (C=O) groups excluding carboxylic acids is 1. The van der Waals surface area contributed by atoms with Crippen LogP contribution in [0.2, 0.25) is 0 Å². The molecule has 0 saturated carbocycles. The minimum absolute atomic E-state index is 0.298. The fourth-order valence-electron chi connectivity index (χ4n) is 0.978. The first-order valence-electron chi connectivity index (χ1n) is 3.55. The van der Waals surface area contributed by atoms with Crippen LogP contribution in [0, 0.1) is 6.92 Å². The molecular formula is C9H9BrO2. The third kappa shape index (κ3) is 1.93. The number of aryl methyl sites for hydroxylation is 1. The van der Waals surface area contributed by atoms with Gasteiger partial charge in [-0.15, -0.1) is 0 Å². The van der Waals surface area contributed by atoms with Crippen molar-refractivity contribution in [2.75, 3.05) is 0 Å². The Morgan fingerprint density at radius 3 is 2.58 bits per heavy atom. The second-order valence-corrected chi connectivity index (χ2v) is 3.38. The van der Waals surface area contributed by atoms with Gasteiger partial charge in [0.1, 0.15) is 0 Å². The maximum Gasteiger partial charge on any atom is 0.202 e. The summed E-state index contributed by atoms with van der Waals surface area (Å²) in [7, 11) is 0. The molecule has 1 unspecified atom stereocenters. The molecule has 0 heterocycles. The first kappa shape index (κ1) is 9.42. The molecule has 0 aliphatic rings. The van der Waals surface area contributed by atoms with E-state index in [4.69, 9.17) is 5.11 Å². The van der Waals surface area contributed by atoms with Gasteiger partial charge in [0.05, 0.1) is 0 Å². The van der Waals surface area contributed by atoms with Gasteiger partial charge in [-0.1, -0.05) is 24.3 Å². The molecule has 3 heteroatoms. The van der Waals surface area contributed by atoms with Crippen molar-refractivity contribution < 1.29 is 9.90 Å². The summed E-state index contributed by atoms with van der Waals surface area (Å²) < 4.78 is 0. The average Bonchev–Trinajstić information content (AvgIpc) is 2.04. The molecule has 0 bridgehead atoms.